The Kier molecular flexibility index (Phi) is 5.97. The summed E-state index contributed by atoms with van der Waals surface area (Å²) < 4.78 is 87.8. The van der Waals surface area contributed by atoms with Crippen LogP contribution < -0.4 is 10.1 Å². The number of nitrogens with one attached hydrogen (secondary N) is 1. The second-order valence-electron chi connectivity index (χ2n) is 9.83. The van der Waals surface area contributed by atoms with E-state index in [1.54, 1.807) is 18.2 Å². The van der Waals surface area contributed by atoms with Crippen molar-refractivity contribution in [3.8, 4) is 22.5 Å². The molecule has 12 heteroatoms. The number of alkyl halides is 3. The van der Waals surface area contributed by atoms with Crippen LogP contribution in [-0.4, -0.2) is 25.1 Å². The molecule has 3 aromatic carbocycles. The maximum Gasteiger partial charge on any atom is 0.439 e. The van der Waals surface area contributed by atoms with E-state index >= 15 is 0 Å². The molecule has 4 aromatic rings. The number of fused-ring (bicyclic) bond motifs is 1. The molecule has 0 radical (unpaired) electrons. The van der Waals surface area contributed by atoms with Crippen molar-refractivity contribution in [2.75, 3.05) is 10.8 Å². The van der Waals surface area contributed by atoms with Crippen LogP contribution in [-0.2, 0) is 22.6 Å². The topological polar surface area (TPSA) is 96.3 Å². The molecule has 0 saturated heterocycles. The molecule has 1 aliphatic heterocycles. The molecule has 1 N–H and O–H groups in total. The molecule has 38 heavy (non-hydrogen) atoms. The standard InChI is InChI=1S/C26H21F4N3O4S/c1-25(2)13-16-4-3-5-19(15-6-8-17(9-7-15)26(28,29)30)22(16)33(14-25)38(35,36)18-10-11-20(21(27)12-18)23-31-24(34)37-32-23/h3-12H,13-14H2,1-2H3,(H,31,32,34). The first-order chi connectivity index (χ1) is 17.8. The summed E-state index contributed by atoms with van der Waals surface area (Å²) in [6, 6.07) is 12.9. The highest BCUT2D eigenvalue weighted by atomic mass is 32.2. The molecular formula is C26H21F4N3O4S. The smallest absolute Gasteiger partial charge is 0.296 e. The van der Waals surface area contributed by atoms with Gasteiger partial charge >= 0.3 is 11.9 Å². The minimum absolute atomic E-state index is 0.0555. The largest absolute Gasteiger partial charge is 0.439 e. The number of rotatable bonds is 4. The van der Waals surface area contributed by atoms with Gasteiger partial charge in [-0.2, -0.15) is 13.2 Å². The molecule has 0 aliphatic carbocycles. The number of aromatic amines is 1. The molecule has 7 nitrogen and oxygen atoms in total. The lowest BCUT2D eigenvalue weighted by Gasteiger charge is -2.41. The van der Waals surface area contributed by atoms with Crippen molar-refractivity contribution < 1.29 is 30.5 Å². The van der Waals surface area contributed by atoms with E-state index in [2.05, 4.69) is 14.7 Å². The van der Waals surface area contributed by atoms with Gasteiger partial charge in [0.2, 0.25) is 0 Å². The summed E-state index contributed by atoms with van der Waals surface area (Å²) in [6.07, 6.45) is -3.99. The van der Waals surface area contributed by atoms with Gasteiger partial charge in [-0.3, -0.25) is 13.8 Å². The summed E-state index contributed by atoms with van der Waals surface area (Å²) in [5.74, 6) is -2.02. The Labute approximate surface area is 214 Å². The van der Waals surface area contributed by atoms with Crippen LogP contribution in [0, 0.1) is 11.2 Å². The van der Waals surface area contributed by atoms with Gasteiger partial charge in [0.15, 0.2) is 5.82 Å². The van der Waals surface area contributed by atoms with Gasteiger partial charge in [0.05, 0.1) is 21.7 Å². The number of sulfonamides is 1. The molecule has 0 bridgehead atoms. The van der Waals surface area contributed by atoms with Gasteiger partial charge in [0.25, 0.3) is 10.0 Å². The van der Waals surface area contributed by atoms with E-state index in [1.165, 1.54) is 28.6 Å². The number of nitrogens with zero attached hydrogens (tertiary/aromatic N) is 2. The van der Waals surface area contributed by atoms with E-state index in [0.717, 1.165) is 18.2 Å². The molecular weight excluding hydrogens is 526 g/mol. The highest BCUT2D eigenvalue weighted by Gasteiger charge is 2.39. The first kappa shape index (κ1) is 25.7. The van der Waals surface area contributed by atoms with Crippen molar-refractivity contribution in [1.82, 2.24) is 10.1 Å². The number of anilines is 1. The number of hydrogen-bond donors (Lipinski definition) is 1. The van der Waals surface area contributed by atoms with Gasteiger partial charge in [-0.05, 0) is 53.3 Å². The summed E-state index contributed by atoms with van der Waals surface area (Å²) in [7, 11) is -4.33. The maximum atomic E-state index is 15.0. The summed E-state index contributed by atoms with van der Waals surface area (Å²) in [6.45, 7) is 3.85. The van der Waals surface area contributed by atoms with Gasteiger partial charge in [-0.25, -0.2) is 17.6 Å². The van der Waals surface area contributed by atoms with Gasteiger partial charge < -0.3 is 0 Å². The van der Waals surface area contributed by atoms with Gasteiger partial charge in [-0.1, -0.05) is 49.3 Å². The maximum absolute atomic E-state index is 15.0. The summed E-state index contributed by atoms with van der Waals surface area (Å²) in [4.78, 5) is 13.1. The first-order valence-corrected chi connectivity index (χ1v) is 12.9. The van der Waals surface area contributed by atoms with Crippen LogP contribution in [0.3, 0.4) is 0 Å². The Hall–Kier alpha value is -3.93. The van der Waals surface area contributed by atoms with Crippen molar-refractivity contribution in [3.05, 3.63) is 88.2 Å². The number of para-hydroxylation sites is 1. The summed E-state index contributed by atoms with van der Waals surface area (Å²) in [5, 5.41) is 3.43. The Balaban J connectivity index is 1.63. The fourth-order valence-electron chi connectivity index (χ4n) is 4.67. The summed E-state index contributed by atoms with van der Waals surface area (Å²) >= 11 is 0. The van der Waals surface area contributed by atoms with E-state index in [0.29, 0.717) is 28.8 Å². The van der Waals surface area contributed by atoms with Crippen LogP contribution in [0.5, 0.6) is 0 Å². The van der Waals surface area contributed by atoms with E-state index in [4.69, 9.17) is 0 Å². The Bertz CT molecular complexity index is 1690. The van der Waals surface area contributed by atoms with Crippen LogP contribution in [0.2, 0.25) is 0 Å². The lowest BCUT2D eigenvalue weighted by molar-refractivity contribution is -0.137. The SMILES string of the molecule is CC1(C)Cc2cccc(-c3ccc(C(F)(F)F)cc3)c2N(S(=O)(=O)c2ccc(-c3noc(=O)[nH]3)c(F)c2)C1. The first-order valence-electron chi connectivity index (χ1n) is 11.4. The average Bonchev–Trinajstić information content (AvgIpc) is 3.27. The lowest BCUT2D eigenvalue weighted by Crippen LogP contribution is -2.44. The van der Waals surface area contributed by atoms with Crippen LogP contribution in [0.25, 0.3) is 22.5 Å². The molecule has 1 aliphatic rings. The quantitative estimate of drug-likeness (QED) is 0.334. The van der Waals surface area contributed by atoms with Gasteiger partial charge in [0.1, 0.15) is 5.82 Å². The minimum Gasteiger partial charge on any atom is -0.296 e. The predicted octanol–water partition coefficient (Wildman–Crippen LogP) is 5.63. The van der Waals surface area contributed by atoms with Crippen LogP contribution in [0.15, 0.2) is 74.9 Å². The third-order valence-corrected chi connectivity index (χ3v) is 8.10. The molecule has 0 fully saturated rings. The zero-order valence-electron chi connectivity index (χ0n) is 20.1. The number of aromatic nitrogens is 2. The lowest BCUT2D eigenvalue weighted by atomic mass is 9.80. The zero-order chi connectivity index (χ0) is 27.5. The number of halogens is 4. The molecule has 0 amide bonds. The van der Waals surface area contributed by atoms with Gasteiger partial charge in [0, 0.05) is 12.1 Å². The van der Waals surface area contributed by atoms with E-state index in [1.807, 2.05) is 13.8 Å². The van der Waals surface area contributed by atoms with Crippen LogP contribution >= 0.6 is 0 Å². The normalized spacial score (nSPS) is 15.4. The molecule has 2 heterocycles. The van der Waals surface area contributed by atoms with Crippen molar-refractivity contribution in [2.24, 2.45) is 5.41 Å². The fourth-order valence-corrected chi connectivity index (χ4v) is 6.39. The Morgan fingerprint density at radius 3 is 2.34 bits per heavy atom. The second kappa shape index (κ2) is 8.83. The van der Waals surface area contributed by atoms with Gasteiger partial charge in [-0.15, -0.1) is 0 Å². The molecule has 0 spiro atoms. The van der Waals surface area contributed by atoms with E-state index in [-0.39, 0.29) is 22.8 Å². The van der Waals surface area contributed by atoms with Crippen molar-refractivity contribution >= 4 is 15.7 Å². The van der Waals surface area contributed by atoms with E-state index in [9.17, 15) is 30.8 Å². The molecule has 0 unspecified atom stereocenters. The highest BCUT2D eigenvalue weighted by Crippen LogP contribution is 2.45. The van der Waals surface area contributed by atoms with Crippen molar-refractivity contribution in [2.45, 2.75) is 31.3 Å². The molecule has 0 saturated carbocycles. The van der Waals surface area contributed by atoms with Crippen molar-refractivity contribution in [1.29, 1.82) is 0 Å². The van der Waals surface area contributed by atoms with Crippen molar-refractivity contribution in [3.63, 3.8) is 0 Å². The fraction of sp³-hybridized carbons (Fsp3) is 0.231. The number of benzene rings is 3. The second-order valence-corrected chi connectivity index (χ2v) is 11.7. The monoisotopic (exact) mass is 547 g/mol. The van der Waals surface area contributed by atoms with Crippen LogP contribution in [0.4, 0.5) is 23.2 Å². The molecule has 198 valence electrons. The third kappa shape index (κ3) is 4.60. The number of H-pyrrole nitrogens is 1. The molecule has 5 rings (SSSR count). The Morgan fingerprint density at radius 2 is 1.74 bits per heavy atom. The van der Waals surface area contributed by atoms with E-state index < -0.39 is 38.8 Å². The average molecular weight is 548 g/mol. The Morgan fingerprint density at radius 1 is 1.03 bits per heavy atom. The number of hydrogen-bond acceptors (Lipinski definition) is 5. The molecule has 0 atom stereocenters. The molecule has 1 aromatic heterocycles. The zero-order valence-corrected chi connectivity index (χ0v) is 21.0. The minimum atomic E-state index is -4.51. The van der Waals surface area contributed by atoms with Crippen LogP contribution in [0.1, 0.15) is 25.0 Å². The summed E-state index contributed by atoms with van der Waals surface area (Å²) in [5.41, 5.74) is 0.410. The highest BCUT2D eigenvalue weighted by molar-refractivity contribution is 7.92. The predicted molar refractivity (Wildman–Crippen MR) is 131 cm³/mol. The third-order valence-electron chi connectivity index (χ3n) is 6.36.